The second-order valence-electron chi connectivity index (χ2n) is 6.53. The number of rotatable bonds is 6. The van der Waals surface area contributed by atoms with E-state index in [1.54, 1.807) is 29.3 Å². The number of benzene rings is 1. The lowest BCUT2D eigenvalue weighted by Crippen LogP contribution is -2.47. The van der Waals surface area contributed by atoms with Crippen LogP contribution in [0.3, 0.4) is 0 Å². The fraction of sp³-hybridized carbons (Fsp3) is 0.421. The molecule has 7 heteroatoms. The van der Waals surface area contributed by atoms with E-state index < -0.39 is 12.1 Å². The highest BCUT2D eigenvalue weighted by atomic mass is 35.5. The summed E-state index contributed by atoms with van der Waals surface area (Å²) in [6, 6.07) is 7.30. The monoisotopic (exact) mass is 394 g/mol. The molecule has 2 rings (SSSR count). The number of thiazole rings is 1. The molecule has 0 saturated carbocycles. The smallest absolute Gasteiger partial charge is 0.358 e. The van der Waals surface area contributed by atoms with Crippen molar-refractivity contribution in [3.05, 3.63) is 40.4 Å². The summed E-state index contributed by atoms with van der Waals surface area (Å²) in [5, 5.41) is 2.89. The summed E-state index contributed by atoms with van der Waals surface area (Å²) < 4.78 is 5.34. The van der Waals surface area contributed by atoms with E-state index in [1.807, 2.05) is 39.8 Å². The van der Waals surface area contributed by atoms with E-state index in [-0.39, 0.29) is 23.7 Å². The number of nitrogens with zero attached hydrogens (tertiary/aromatic N) is 2. The van der Waals surface area contributed by atoms with E-state index in [2.05, 4.69) is 4.98 Å². The molecule has 1 atom stereocenters. The highest BCUT2D eigenvalue weighted by Crippen LogP contribution is 2.26. The fourth-order valence-corrected chi connectivity index (χ4v) is 3.68. The van der Waals surface area contributed by atoms with Crippen molar-refractivity contribution in [2.24, 2.45) is 0 Å². The highest BCUT2D eigenvalue weighted by Gasteiger charge is 2.28. The van der Waals surface area contributed by atoms with Gasteiger partial charge in [0.15, 0.2) is 11.8 Å². The van der Waals surface area contributed by atoms with Crippen molar-refractivity contribution < 1.29 is 14.3 Å². The van der Waals surface area contributed by atoms with Crippen LogP contribution in [-0.4, -0.2) is 39.9 Å². The Balaban J connectivity index is 2.09. The minimum absolute atomic E-state index is 0.0253. The Kier molecular flexibility index (Phi) is 6.78. The van der Waals surface area contributed by atoms with Crippen molar-refractivity contribution in [1.82, 2.24) is 9.88 Å². The van der Waals surface area contributed by atoms with Gasteiger partial charge in [0.2, 0.25) is 0 Å². The summed E-state index contributed by atoms with van der Waals surface area (Å²) in [5.41, 5.74) is 1.02. The van der Waals surface area contributed by atoms with Gasteiger partial charge < -0.3 is 9.64 Å². The van der Waals surface area contributed by atoms with Crippen LogP contribution in [0.25, 0.3) is 10.6 Å². The second kappa shape index (κ2) is 8.64. The Morgan fingerprint density at radius 3 is 2.38 bits per heavy atom. The molecule has 0 fully saturated rings. The quantitative estimate of drug-likeness (QED) is 0.669. The molecular weight excluding hydrogens is 372 g/mol. The van der Waals surface area contributed by atoms with Crippen molar-refractivity contribution >= 4 is 34.8 Å². The molecule has 140 valence electrons. The molecule has 0 spiro atoms. The van der Waals surface area contributed by atoms with Gasteiger partial charge >= 0.3 is 5.97 Å². The van der Waals surface area contributed by atoms with Crippen LogP contribution < -0.4 is 0 Å². The molecule has 0 N–H and O–H groups in total. The third-order valence-corrected chi connectivity index (χ3v) is 4.91. The van der Waals surface area contributed by atoms with E-state index in [1.165, 1.54) is 11.3 Å². The summed E-state index contributed by atoms with van der Waals surface area (Å²) in [6.07, 6.45) is -0.872. The number of aromatic nitrogens is 1. The minimum Gasteiger partial charge on any atom is -0.448 e. The van der Waals surface area contributed by atoms with Crippen LogP contribution in [0, 0.1) is 0 Å². The van der Waals surface area contributed by atoms with Crippen LogP contribution in [0.4, 0.5) is 0 Å². The molecule has 0 aliphatic heterocycles. The molecule has 1 amide bonds. The van der Waals surface area contributed by atoms with Crippen molar-refractivity contribution in [3.8, 4) is 10.6 Å². The number of hydrogen-bond donors (Lipinski definition) is 0. The van der Waals surface area contributed by atoms with Crippen molar-refractivity contribution in [3.63, 3.8) is 0 Å². The zero-order chi connectivity index (χ0) is 19.4. The third kappa shape index (κ3) is 4.83. The molecule has 1 aromatic heterocycles. The van der Waals surface area contributed by atoms with E-state index in [0.29, 0.717) is 10.0 Å². The first-order valence-corrected chi connectivity index (χ1v) is 9.71. The average molecular weight is 395 g/mol. The number of hydrogen-bond acceptors (Lipinski definition) is 5. The molecule has 0 aliphatic carbocycles. The second-order valence-corrected chi connectivity index (χ2v) is 7.82. The van der Waals surface area contributed by atoms with E-state index in [4.69, 9.17) is 16.3 Å². The maximum absolute atomic E-state index is 12.6. The lowest BCUT2D eigenvalue weighted by atomic mass is 10.2. The van der Waals surface area contributed by atoms with E-state index in [0.717, 1.165) is 5.56 Å². The van der Waals surface area contributed by atoms with Crippen LogP contribution in [0.1, 0.15) is 45.1 Å². The van der Waals surface area contributed by atoms with Gasteiger partial charge in [-0.15, -0.1) is 11.3 Å². The van der Waals surface area contributed by atoms with Crippen molar-refractivity contribution in [2.45, 2.75) is 52.8 Å². The Bertz CT molecular complexity index is 781. The Morgan fingerprint density at radius 1 is 1.15 bits per heavy atom. The molecule has 26 heavy (non-hydrogen) atoms. The molecule has 0 radical (unpaired) electrons. The molecule has 1 heterocycles. The largest absolute Gasteiger partial charge is 0.448 e. The Morgan fingerprint density at radius 2 is 1.81 bits per heavy atom. The zero-order valence-electron chi connectivity index (χ0n) is 15.5. The van der Waals surface area contributed by atoms with Crippen LogP contribution >= 0.6 is 22.9 Å². The number of carbonyl (C=O) groups excluding carboxylic acids is 2. The summed E-state index contributed by atoms with van der Waals surface area (Å²) in [7, 11) is 0. The van der Waals surface area contributed by atoms with Gasteiger partial charge in [0, 0.05) is 28.0 Å². The van der Waals surface area contributed by atoms with Crippen molar-refractivity contribution in [1.29, 1.82) is 0 Å². The fourth-order valence-electron chi connectivity index (χ4n) is 2.71. The van der Waals surface area contributed by atoms with Gasteiger partial charge in [-0.2, -0.15) is 0 Å². The van der Waals surface area contributed by atoms with Crippen LogP contribution in [0.5, 0.6) is 0 Å². The SMILES string of the molecule is CC(C)N(C(=O)[C@@H](C)OC(=O)c1csc(-c2cccc(Cl)c2)n1)C(C)C. The van der Waals surface area contributed by atoms with Gasteiger partial charge in [0.05, 0.1) is 0 Å². The molecule has 0 saturated heterocycles. The van der Waals surface area contributed by atoms with Gasteiger partial charge in [0.1, 0.15) is 5.01 Å². The van der Waals surface area contributed by atoms with Gasteiger partial charge in [-0.25, -0.2) is 9.78 Å². The normalized spacial score (nSPS) is 12.3. The van der Waals surface area contributed by atoms with E-state index >= 15 is 0 Å². The topological polar surface area (TPSA) is 59.5 Å². The molecule has 5 nitrogen and oxygen atoms in total. The average Bonchev–Trinajstić information content (AvgIpc) is 3.04. The van der Waals surface area contributed by atoms with E-state index in [9.17, 15) is 9.59 Å². The molecule has 1 aromatic carbocycles. The lowest BCUT2D eigenvalue weighted by Gasteiger charge is -2.32. The molecule has 0 aliphatic rings. The first-order chi connectivity index (χ1) is 12.2. The summed E-state index contributed by atoms with van der Waals surface area (Å²) in [4.78, 5) is 30.9. The molecular formula is C19H23ClN2O3S. The first-order valence-electron chi connectivity index (χ1n) is 8.45. The van der Waals surface area contributed by atoms with Crippen LogP contribution in [-0.2, 0) is 9.53 Å². The highest BCUT2D eigenvalue weighted by molar-refractivity contribution is 7.13. The molecule has 0 unspecified atom stereocenters. The zero-order valence-corrected chi connectivity index (χ0v) is 17.1. The van der Waals surface area contributed by atoms with Crippen molar-refractivity contribution in [2.75, 3.05) is 0 Å². The number of carbonyl (C=O) groups is 2. The number of amides is 1. The Labute approximate surface area is 162 Å². The van der Waals surface area contributed by atoms with Gasteiger partial charge in [-0.1, -0.05) is 23.7 Å². The number of esters is 1. The lowest BCUT2D eigenvalue weighted by molar-refractivity contribution is -0.143. The third-order valence-electron chi connectivity index (χ3n) is 3.78. The predicted octanol–water partition coefficient (Wildman–Crippen LogP) is 4.65. The summed E-state index contributed by atoms with van der Waals surface area (Å²) in [5.74, 6) is -0.823. The summed E-state index contributed by atoms with van der Waals surface area (Å²) >= 11 is 7.32. The van der Waals surface area contributed by atoms with Crippen LogP contribution in [0.2, 0.25) is 5.02 Å². The number of halogens is 1. The maximum Gasteiger partial charge on any atom is 0.358 e. The Hall–Kier alpha value is -1.92. The molecule has 2 aromatic rings. The maximum atomic E-state index is 12.6. The molecule has 0 bridgehead atoms. The first kappa shape index (κ1) is 20.4. The number of ether oxygens (including phenoxy) is 1. The summed E-state index contributed by atoms with van der Waals surface area (Å²) in [6.45, 7) is 9.32. The predicted molar refractivity (Wildman–Crippen MR) is 105 cm³/mol. The van der Waals surface area contributed by atoms with Crippen LogP contribution in [0.15, 0.2) is 29.6 Å². The minimum atomic E-state index is -0.872. The standard InChI is InChI=1S/C19H23ClN2O3S/c1-11(2)22(12(3)4)18(23)13(5)25-19(24)16-10-26-17(21-16)14-7-6-8-15(20)9-14/h6-13H,1-5H3/t13-/m1/s1. The van der Waals surface area contributed by atoms with Gasteiger partial charge in [-0.05, 0) is 46.8 Å². The van der Waals surface area contributed by atoms with Gasteiger partial charge in [-0.3, -0.25) is 4.79 Å². The van der Waals surface area contributed by atoms with Gasteiger partial charge in [0.25, 0.3) is 5.91 Å².